The zero-order valence-electron chi connectivity index (χ0n) is 22.9. The number of hydrogen-bond donors (Lipinski definition) is 1. The zero-order chi connectivity index (χ0) is 27.6. The number of ether oxygens (including phenoxy) is 2. The Kier molecular flexibility index (Phi) is 7.63. The first-order valence-corrected chi connectivity index (χ1v) is 12.9. The van der Waals surface area contributed by atoms with Crippen LogP contribution in [0.3, 0.4) is 0 Å². The second kappa shape index (κ2) is 10.7. The van der Waals surface area contributed by atoms with Gasteiger partial charge in [-0.15, -0.1) is 0 Å². The van der Waals surface area contributed by atoms with E-state index in [0.717, 1.165) is 22.4 Å². The van der Waals surface area contributed by atoms with Gasteiger partial charge in [0.05, 0.1) is 24.8 Å². The number of carbonyl (C=O) groups excluding carboxylic acids is 2. The highest BCUT2D eigenvalue weighted by molar-refractivity contribution is 6.51. The van der Waals surface area contributed by atoms with Gasteiger partial charge in [0.2, 0.25) is 0 Å². The quantitative estimate of drug-likeness (QED) is 0.216. The summed E-state index contributed by atoms with van der Waals surface area (Å²) in [5, 5.41) is 11.6. The first kappa shape index (κ1) is 27.0. The van der Waals surface area contributed by atoms with Gasteiger partial charge >= 0.3 is 0 Å². The molecule has 1 unspecified atom stereocenters. The average Bonchev–Trinajstić information content (AvgIpc) is 3.14. The van der Waals surface area contributed by atoms with Crippen molar-refractivity contribution in [1.29, 1.82) is 0 Å². The molecule has 1 aliphatic heterocycles. The molecule has 0 saturated carbocycles. The highest BCUT2D eigenvalue weighted by Crippen LogP contribution is 2.44. The van der Waals surface area contributed by atoms with Crippen LogP contribution in [-0.2, 0) is 15.0 Å². The molecule has 1 amide bonds. The van der Waals surface area contributed by atoms with Crippen LogP contribution < -0.4 is 14.4 Å². The molecule has 1 aliphatic rings. The number of nitrogens with zero attached hydrogens (tertiary/aromatic N) is 1. The summed E-state index contributed by atoms with van der Waals surface area (Å²) in [5.41, 5.74) is 3.35. The van der Waals surface area contributed by atoms with E-state index in [-0.39, 0.29) is 16.7 Å². The summed E-state index contributed by atoms with van der Waals surface area (Å²) in [7, 11) is 0. The number of aliphatic hydroxyl groups excluding tert-OH is 1. The Bertz CT molecular complexity index is 1400. The summed E-state index contributed by atoms with van der Waals surface area (Å²) in [4.78, 5) is 28.5. The predicted octanol–water partition coefficient (Wildman–Crippen LogP) is 6.72. The highest BCUT2D eigenvalue weighted by atomic mass is 16.5. The second-order valence-electron chi connectivity index (χ2n) is 10.4. The molecule has 0 spiro atoms. The average molecular weight is 514 g/mol. The number of aliphatic hydroxyl groups is 1. The van der Waals surface area contributed by atoms with Crippen molar-refractivity contribution >= 4 is 23.1 Å². The van der Waals surface area contributed by atoms with Gasteiger partial charge in [-0.3, -0.25) is 14.5 Å². The van der Waals surface area contributed by atoms with Crippen LogP contribution in [0.5, 0.6) is 11.5 Å². The van der Waals surface area contributed by atoms with Gasteiger partial charge in [0, 0.05) is 22.9 Å². The molecule has 0 aromatic heterocycles. The number of benzene rings is 3. The second-order valence-corrected chi connectivity index (χ2v) is 10.4. The molecule has 4 rings (SSSR count). The maximum atomic E-state index is 13.6. The normalized spacial score (nSPS) is 17.1. The van der Waals surface area contributed by atoms with Crippen molar-refractivity contribution in [2.24, 2.45) is 0 Å². The SMILES string of the molecule is CCOc1cccc(N2C(=O)C(=O)/C(=C(\O)c3ccc(OCC)c(C(C)(C)C)c3)C2c2cccc(C)c2)c1. The Hall–Kier alpha value is -4.06. The molecule has 3 aromatic rings. The molecule has 1 fully saturated rings. The van der Waals surface area contributed by atoms with Crippen molar-refractivity contribution < 1.29 is 24.2 Å². The van der Waals surface area contributed by atoms with Crippen molar-refractivity contribution in [2.45, 2.75) is 53.0 Å². The Morgan fingerprint density at radius 1 is 0.921 bits per heavy atom. The van der Waals surface area contributed by atoms with E-state index in [1.54, 1.807) is 30.3 Å². The number of aryl methyl sites for hydroxylation is 1. The lowest BCUT2D eigenvalue weighted by Crippen LogP contribution is -2.29. The number of carbonyl (C=O) groups is 2. The number of Topliss-reactive ketones (excluding diaryl/α,β-unsaturated/α-hetero) is 1. The van der Waals surface area contributed by atoms with Gasteiger partial charge in [0.15, 0.2) is 0 Å². The molecular weight excluding hydrogens is 478 g/mol. The van der Waals surface area contributed by atoms with Gasteiger partial charge < -0.3 is 14.6 Å². The van der Waals surface area contributed by atoms with Crippen LogP contribution in [0.1, 0.15) is 62.9 Å². The van der Waals surface area contributed by atoms with Gasteiger partial charge in [0.25, 0.3) is 11.7 Å². The van der Waals surface area contributed by atoms with E-state index in [2.05, 4.69) is 20.8 Å². The maximum absolute atomic E-state index is 13.6. The van der Waals surface area contributed by atoms with Gasteiger partial charge in [-0.1, -0.05) is 56.7 Å². The topological polar surface area (TPSA) is 76.1 Å². The lowest BCUT2D eigenvalue weighted by Gasteiger charge is -2.26. The minimum absolute atomic E-state index is 0.0476. The molecule has 198 valence electrons. The first-order chi connectivity index (χ1) is 18.1. The Morgan fingerprint density at radius 3 is 2.29 bits per heavy atom. The fourth-order valence-corrected chi connectivity index (χ4v) is 4.84. The summed E-state index contributed by atoms with van der Waals surface area (Å²) >= 11 is 0. The van der Waals surface area contributed by atoms with Crippen LogP contribution in [0.2, 0.25) is 0 Å². The standard InChI is InChI=1S/C32H35NO5/c1-7-37-24-14-10-13-23(19-24)33-28(21-12-9-11-20(3)17-21)27(30(35)31(33)36)29(34)22-15-16-26(38-8-2)25(18-22)32(4,5)6/h9-19,28,34H,7-8H2,1-6H3/b29-27-. The molecule has 0 aliphatic carbocycles. The minimum atomic E-state index is -0.809. The van der Waals surface area contributed by atoms with Crippen LogP contribution in [0.4, 0.5) is 5.69 Å². The first-order valence-electron chi connectivity index (χ1n) is 12.9. The summed E-state index contributed by atoms with van der Waals surface area (Å²) in [6.07, 6.45) is 0. The Balaban J connectivity index is 1.94. The summed E-state index contributed by atoms with van der Waals surface area (Å²) in [5.74, 6) is -0.334. The van der Waals surface area contributed by atoms with Gasteiger partial charge in [-0.05, 0) is 62.1 Å². The fourth-order valence-electron chi connectivity index (χ4n) is 4.84. The lowest BCUT2D eigenvalue weighted by atomic mass is 9.84. The molecule has 1 heterocycles. The van der Waals surface area contributed by atoms with E-state index in [1.807, 2.05) is 57.2 Å². The lowest BCUT2D eigenvalue weighted by molar-refractivity contribution is -0.132. The third kappa shape index (κ3) is 5.17. The van der Waals surface area contributed by atoms with Crippen molar-refractivity contribution in [3.8, 4) is 11.5 Å². The summed E-state index contributed by atoms with van der Waals surface area (Å²) < 4.78 is 11.5. The number of amides is 1. The van der Waals surface area contributed by atoms with E-state index < -0.39 is 17.7 Å². The molecule has 0 bridgehead atoms. The monoisotopic (exact) mass is 513 g/mol. The molecule has 6 nitrogen and oxygen atoms in total. The van der Waals surface area contributed by atoms with Crippen molar-refractivity contribution in [2.75, 3.05) is 18.1 Å². The van der Waals surface area contributed by atoms with Gasteiger partial charge in [-0.25, -0.2) is 0 Å². The number of rotatable bonds is 7. The van der Waals surface area contributed by atoms with Crippen LogP contribution in [-0.4, -0.2) is 30.0 Å². The van der Waals surface area contributed by atoms with Crippen molar-refractivity contribution in [3.05, 3.63) is 94.6 Å². The molecule has 1 saturated heterocycles. The number of ketones is 1. The predicted molar refractivity (Wildman–Crippen MR) is 150 cm³/mol. The Morgan fingerprint density at radius 2 is 1.63 bits per heavy atom. The Labute approximate surface area is 224 Å². The number of anilines is 1. The van der Waals surface area contributed by atoms with Gasteiger partial charge in [-0.2, -0.15) is 0 Å². The molecule has 0 radical (unpaired) electrons. The molecule has 1 atom stereocenters. The molecule has 3 aromatic carbocycles. The minimum Gasteiger partial charge on any atom is -0.507 e. The van der Waals surface area contributed by atoms with E-state index in [1.165, 1.54) is 4.90 Å². The van der Waals surface area contributed by atoms with E-state index in [0.29, 0.717) is 30.2 Å². The zero-order valence-corrected chi connectivity index (χ0v) is 22.9. The molecule has 38 heavy (non-hydrogen) atoms. The van der Waals surface area contributed by atoms with E-state index in [4.69, 9.17) is 9.47 Å². The number of hydrogen-bond acceptors (Lipinski definition) is 5. The maximum Gasteiger partial charge on any atom is 0.300 e. The largest absolute Gasteiger partial charge is 0.507 e. The molecule has 6 heteroatoms. The van der Waals surface area contributed by atoms with Crippen LogP contribution in [0, 0.1) is 6.92 Å². The third-order valence-corrected chi connectivity index (χ3v) is 6.57. The summed E-state index contributed by atoms with van der Waals surface area (Å²) in [6, 6.07) is 19.3. The van der Waals surface area contributed by atoms with Crippen LogP contribution >= 0.6 is 0 Å². The van der Waals surface area contributed by atoms with E-state index >= 15 is 0 Å². The smallest absolute Gasteiger partial charge is 0.300 e. The van der Waals surface area contributed by atoms with Crippen LogP contribution in [0.25, 0.3) is 5.76 Å². The fraction of sp³-hybridized carbons (Fsp3) is 0.312. The molecular formula is C32H35NO5. The summed E-state index contributed by atoms with van der Waals surface area (Å²) in [6.45, 7) is 12.9. The van der Waals surface area contributed by atoms with Gasteiger partial charge in [0.1, 0.15) is 17.3 Å². The highest BCUT2D eigenvalue weighted by Gasteiger charge is 2.47. The van der Waals surface area contributed by atoms with Crippen molar-refractivity contribution in [3.63, 3.8) is 0 Å². The molecule has 1 N–H and O–H groups in total. The van der Waals surface area contributed by atoms with Crippen molar-refractivity contribution in [1.82, 2.24) is 0 Å². The van der Waals surface area contributed by atoms with Crippen LogP contribution in [0.15, 0.2) is 72.3 Å². The van der Waals surface area contributed by atoms with E-state index in [9.17, 15) is 14.7 Å². The third-order valence-electron chi connectivity index (χ3n) is 6.57.